The van der Waals surface area contributed by atoms with Crippen molar-refractivity contribution < 1.29 is 22.8 Å². The van der Waals surface area contributed by atoms with Gasteiger partial charge in [0.2, 0.25) is 5.91 Å². The molecule has 0 aromatic carbocycles. The number of amides is 3. The topological polar surface area (TPSA) is 73.2 Å². The van der Waals surface area contributed by atoms with Gasteiger partial charge in [0.05, 0.1) is 6.07 Å². The fourth-order valence-corrected chi connectivity index (χ4v) is 1.11. The van der Waals surface area contributed by atoms with Gasteiger partial charge in [-0.2, -0.15) is 18.4 Å². The van der Waals surface area contributed by atoms with Crippen LogP contribution >= 0.6 is 0 Å². The highest BCUT2D eigenvalue weighted by Crippen LogP contribution is 2.18. The Labute approximate surface area is 82.4 Å². The van der Waals surface area contributed by atoms with Crippen LogP contribution in [0.2, 0.25) is 0 Å². The second kappa shape index (κ2) is 3.76. The van der Waals surface area contributed by atoms with Gasteiger partial charge >= 0.3 is 12.2 Å². The molecule has 0 bridgehead atoms. The molecule has 0 aromatic rings. The van der Waals surface area contributed by atoms with Crippen molar-refractivity contribution in [2.75, 3.05) is 13.1 Å². The average molecular weight is 221 g/mol. The zero-order valence-electron chi connectivity index (χ0n) is 7.34. The zero-order chi connectivity index (χ0) is 11.6. The summed E-state index contributed by atoms with van der Waals surface area (Å²) in [5.41, 5.74) is 0. The molecule has 82 valence electrons. The lowest BCUT2D eigenvalue weighted by atomic mass is 10.1. The van der Waals surface area contributed by atoms with E-state index in [4.69, 9.17) is 5.26 Å². The van der Waals surface area contributed by atoms with Crippen LogP contribution in [-0.4, -0.2) is 36.1 Å². The molecule has 1 aliphatic rings. The maximum absolute atomic E-state index is 12.0. The summed E-state index contributed by atoms with van der Waals surface area (Å²) in [4.78, 5) is 22.2. The summed E-state index contributed by atoms with van der Waals surface area (Å²) in [5, 5.41) is 10.1. The van der Waals surface area contributed by atoms with E-state index in [2.05, 4.69) is 0 Å². The predicted octanol–water partition coefficient (Wildman–Crippen LogP) is 0.240. The fourth-order valence-electron chi connectivity index (χ4n) is 1.11. The Morgan fingerprint density at radius 1 is 1.53 bits per heavy atom. The zero-order valence-corrected chi connectivity index (χ0v) is 7.34. The minimum absolute atomic E-state index is 0.384. The van der Waals surface area contributed by atoms with Crippen molar-refractivity contribution in [1.29, 1.82) is 5.26 Å². The van der Waals surface area contributed by atoms with E-state index in [9.17, 15) is 22.8 Å². The van der Waals surface area contributed by atoms with Gasteiger partial charge in [0.1, 0.15) is 12.5 Å². The van der Waals surface area contributed by atoms with Crippen molar-refractivity contribution in [2.24, 2.45) is 5.92 Å². The number of nitrogens with one attached hydrogen (secondary N) is 1. The first-order valence-corrected chi connectivity index (χ1v) is 3.89. The molecule has 0 spiro atoms. The summed E-state index contributed by atoms with van der Waals surface area (Å²) in [6, 6.07) is 0.395. The molecule has 1 heterocycles. The predicted molar refractivity (Wildman–Crippen MR) is 40.3 cm³/mol. The monoisotopic (exact) mass is 221 g/mol. The molecule has 0 saturated carbocycles. The quantitative estimate of drug-likeness (QED) is 0.689. The highest BCUT2D eigenvalue weighted by atomic mass is 19.4. The highest BCUT2D eigenvalue weighted by Gasteiger charge is 2.39. The van der Waals surface area contributed by atoms with Gasteiger partial charge in [-0.1, -0.05) is 0 Å². The first-order valence-electron chi connectivity index (χ1n) is 3.89. The number of rotatable bonds is 1. The molecule has 1 rings (SSSR count). The van der Waals surface area contributed by atoms with Gasteiger partial charge in [0.25, 0.3) is 0 Å². The van der Waals surface area contributed by atoms with Crippen molar-refractivity contribution in [3.63, 3.8) is 0 Å². The number of alkyl halides is 3. The Kier molecular flexibility index (Phi) is 2.83. The molecule has 8 heteroatoms. The Bertz CT molecular complexity index is 333. The fraction of sp³-hybridized carbons (Fsp3) is 0.571. The molecular formula is C7H6F3N3O2. The van der Waals surface area contributed by atoms with Gasteiger partial charge in [-0.3, -0.25) is 10.1 Å². The van der Waals surface area contributed by atoms with Gasteiger partial charge in [0, 0.05) is 6.54 Å². The molecule has 1 saturated heterocycles. The summed E-state index contributed by atoms with van der Waals surface area (Å²) in [6.07, 6.45) is -4.54. The summed E-state index contributed by atoms with van der Waals surface area (Å²) in [6.45, 7) is -2.00. The summed E-state index contributed by atoms with van der Waals surface area (Å²) < 4.78 is 35.9. The van der Waals surface area contributed by atoms with Gasteiger partial charge in [-0.15, -0.1) is 0 Å². The standard InChI is InChI=1S/C7H6F3N3O2/c8-7(9,10)3-13-2-4(1-11)5(14)12-6(13)15/h4H,2-3H2,(H,12,14,15). The minimum Gasteiger partial charge on any atom is -0.314 e. The number of carbonyl (C=O) groups is 2. The van der Waals surface area contributed by atoms with Crippen LogP contribution in [0.4, 0.5) is 18.0 Å². The second-order valence-corrected chi connectivity index (χ2v) is 2.97. The lowest BCUT2D eigenvalue weighted by molar-refractivity contribution is -0.145. The van der Waals surface area contributed by atoms with E-state index in [0.717, 1.165) is 0 Å². The Morgan fingerprint density at radius 3 is 2.60 bits per heavy atom. The third-order valence-electron chi connectivity index (χ3n) is 1.76. The lowest BCUT2D eigenvalue weighted by Crippen LogP contribution is -2.56. The van der Waals surface area contributed by atoms with E-state index in [-0.39, 0.29) is 0 Å². The van der Waals surface area contributed by atoms with Crippen molar-refractivity contribution in [3.05, 3.63) is 0 Å². The van der Waals surface area contributed by atoms with E-state index in [0.29, 0.717) is 4.90 Å². The van der Waals surface area contributed by atoms with Crippen molar-refractivity contribution in [1.82, 2.24) is 10.2 Å². The number of hydrogen-bond donors (Lipinski definition) is 1. The maximum Gasteiger partial charge on any atom is 0.406 e. The van der Waals surface area contributed by atoms with Gasteiger partial charge < -0.3 is 4.90 Å². The van der Waals surface area contributed by atoms with E-state index in [1.807, 2.05) is 0 Å². The van der Waals surface area contributed by atoms with Crippen molar-refractivity contribution in [2.45, 2.75) is 6.18 Å². The van der Waals surface area contributed by atoms with Crippen LogP contribution in [0, 0.1) is 17.2 Å². The lowest BCUT2D eigenvalue weighted by Gasteiger charge is -2.29. The number of hydrogen-bond acceptors (Lipinski definition) is 3. The number of halogens is 3. The number of urea groups is 1. The van der Waals surface area contributed by atoms with E-state index in [1.165, 1.54) is 6.07 Å². The molecule has 3 amide bonds. The summed E-state index contributed by atoms with van der Waals surface area (Å²) in [5.74, 6) is -2.11. The normalized spacial score (nSPS) is 22.3. The van der Waals surface area contributed by atoms with Crippen LogP contribution in [0.1, 0.15) is 0 Å². The van der Waals surface area contributed by atoms with E-state index < -0.39 is 37.1 Å². The number of carbonyl (C=O) groups excluding carboxylic acids is 2. The first-order chi connectivity index (χ1) is 6.83. The summed E-state index contributed by atoms with van der Waals surface area (Å²) in [7, 11) is 0. The molecule has 0 aromatic heterocycles. The number of nitrogens with zero attached hydrogens (tertiary/aromatic N) is 2. The van der Waals surface area contributed by atoms with Crippen molar-refractivity contribution in [3.8, 4) is 6.07 Å². The van der Waals surface area contributed by atoms with Crippen molar-refractivity contribution >= 4 is 11.9 Å². The molecular weight excluding hydrogens is 215 g/mol. The maximum atomic E-state index is 12.0. The second-order valence-electron chi connectivity index (χ2n) is 2.97. The summed E-state index contributed by atoms with van der Waals surface area (Å²) >= 11 is 0. The van der Waals surface area contributed by atoms with E-state index in [1.54, 1.807) is 5.32 Å². The number of imide groups is 1. The molecule has 15 heavy (non-hydrogen) atoms. The van der Waals surface area contributed by atoms with Crippen LogP contribution in [0.3, 0.4) is 0 Å². The van der Waals surface area contributed by atoms with Gasteiger partial charge in [-0.05, 0) is 0 Å². The van der Waals surface area contributed by atoms with Gasteiger partial charge in [-0.25, -0.2) is 4.79 Å². The molecule has 1 atom stereocenters. The van der Waals surface area contributed by atoms with E-state index >= 15 is 0 Å². The Hall–Kier alpha value is -1.78. The molecule has 1 fully saturated rings. The molecule has 0 aliphatic carbocycles. The van der Waals surface area contributed by atoms with Crippen LogP contribution in [0.25, 0.3) is 0 Å². The molecule has 1 aliphatic heterocycles. The first kappa shape index (κ1) is 11.3. The van der Waals surface area contributed by atoms with Gasteiger partial charge in [0.15, 0.2) is 0 Å². The third-order valence-corrected chi connectivity index (χ3v) is 1.76. The molecule has 1 N–H and O–H groups in total. The third kappa shape index (κ3) is 2.83. The minimum atomic E-state index is -4.54. The van der Waals surface area contributed by atoms with Crippen LogP contribution in [0.15, 0.2) is 0 Å². The van der Waals surface area contributed by atoms with Crippen LogP contribution < -0.4 is 5.32 Å². The van der Waals surface area contributed by atoms with Crippen LogP contribution in [0.5, 0.6) is 0 Å². The van der Waals surface area contributed by atoms with Crippen LogP contribution in [-0.2, 0) is 4.79 Å². The highest BCUT2D eigenvalue weighted by molar-refractivity contribution is 5.99. The Balaban J connectivity index is 2.71. The average Bonchev–Trinajstić information content (AvgIpc) is 2.07. The molecule has 0 radical (unpaired) electrons. The number of nitriles is 1. The Morgan fingerprint density at radius 2 is 2.13 bits per heavy atom. The molecule has 5 nitrogen and oxygen atoms in total. The smallest absolute Gasteiger partial charge is 0.314 e. The largest absolute Gasteiger partial charge is 0.406 e. The SMILES string of the molecule is N#CC1CN(CC(F)(F)F)C(=O)NC1=O. The molecule has 1 unspecified atom stereocenters.